The van der Waals surface area contributed by atoms with E-state index < -0.39 is 23.2 Å². The SMILES string of the molecule is C=CC(=O)N1CCN(c2c(C#N)c(=O)n3c4c(c(-c5ccc(F)cc5F)c(Cl)cc24)OCC3CN2CCN(C)CC2)[C@@H](C)C1. The van der Waals surface area contributed by atoms with Crippen LogP contribution in [0.5, 0.6) is 5.75 Å². The van der Waals surface area contributed by atoms with Crippen LogP contribution in [0.3, 0.4) is 0 Å². The van der Waals surface area contributed by atoms with E-state index in [0.717, 1.165) is 38.3 Å². The molecule has 2 atom stereocenters. The molecule has 44 heavy (non-hydrogen) atoms. The highest BCUT2D eigenvalue weighted by Crippen LogP contribution is 2.48. The zero-order valence-electron chi connectivity index (χ0n) is 24.7. The van der Waals surface area contributed by atoms with Crippen molar-refractivity contribution in [2.45, 2.75) is 19.0 Å². The van der Waals surface area contributed by atoms with Crippen molar-refractivity contribution in [2.75, 3.05) is 70.9 Å². The molecule has 12 heteroatoms. The number of nitriles is 1. The number of ether oxygens (including phenoxy) is 1. The van der Waals surface area contributed by atoms with Crippen LogP contribution in [0.1, 0.15) is 18.5 Å². The number of hydrogen-bond donors (Lipinski definition) is 0. The maximum absolute atomic E-state index is 15.2. The lowest BCUT2D eigenvalue weighted by atomic mass is 9.96. The first-order valence-electron chi connectivity index (χ1n) is 14.6. The highest BCUT2D eigenvalue weighted by Gasteiger charge is 2.36. The van der Waals surface area contributed by atoms with E-state index in [1.54, 1.807) is 15.5 Å². The summed E-state index contributed by atoms with van der Waals surface area (Å²) in [4.78, 5) is 34.9. The Balaban J connectivity index is 1.58. The highest BCUT2D eigenvalue weighted by atomic mass is 35.5. The summed E-state index contributed by atoms with van der Waals surface area (Å²) in [5.74, 6) is -1.53. The minimum absolute atomic E-state index is 0.0270. The van der Waals surface area contributed by atoms with Crippen LogP contribution in [0.4, 0.5) is 14.5 Å². The molecule has 0 saturated carbocycles. The number of nitrogens with zero attached hydrogens (tertiary/aromatic N) is 6. The van der Waals surface area contributed by atoms with Crippen LogP contribution in [0.15, 0.2) is 41.7 Å². The number of piperazine rings is 2. The molecule has 9 nitrogen and oxygen atoms in total. The fourth-order valence-electron chi connectivity index (χ4n) is 6.66. The van der Waals surface area contributed by atoms with Crippen LogP contribution in [0, 0.1) is 23.0 Å². The van der Waals surface area contributed by atoms with Gasteiger partial charge in [-0.2, -0.15) is 5.26 Å². The average molecular weight is 623 g/mol. The maximum Gasteiger partial charge on any atom is 0.271 e. The molecule has 1 amide bonds. The Bertz CT molecular complexity index is 1760. The molecule has 3 aliphatic rings. The van der Waals surface area contributed by atoms with Crippen molar-refractivity contribution in [3.8, 4) is 22.9 Å². The Morgan fingerprint density at radius 1 is 1.18 bits per heavy atom. The van der Waals surface area contributed by atoms with Crippen molar-refractivity contribution >= 4 is 34.1 Å². The number of carbonyl (C=O) groups is 1. The molecule has 0 aliphatic carbocycles. The van der Waals surface area contributed by atoms with E-state index in [1.165, 1.54) is 12.1 Å². The van der Waals surface area contributed by atoms with E-state index in [-0.39, 0.29) is 46.0 Å². The molecule has 0 bridgehead atoms. The number of pyridine rings is 1. The zero-order valence-corrected chi connectivity index (χ0v) is 25.4. The fourth-order valence-corrected chi connectivity index (χ4v) is 6.96. The fraction of sp³-hybridized carbons (Fsp3) is 0.406. The molecule has 1 aromatic heterocycles. The Kier molecular flexibility index (Phi) is 8.09. The van der Waals surface area contributed by atoms with Crippen molar-refractivity contribution in [3.63, 3.8) is 0 Å². The van der Waals surface area contributed by atoms with Crippen LogP contribution in [-0.2, 0) is 4.79 Å². The molecule has 2 fully saturated rings. The van der Waals surface area contributed by atoms with Gasteiger partial charge in [0.2, 0.25) is 5.91 Å². The Morgan fingerprint density at radius 2 is 1.93 bits per heavy atom. The van der Waals surface area contributed by atoms with Gasteiger partial charge in [-0.3, -0.25) is 19.1 Å². The summed E-state index contributed by atoms with van der Waals surface area (Å²) in [6, 6.07) is 6.37. The number of halogens is 3. The van der Waals surface area contributed by atoms with Gasteiger partial charge in [0.15, 0.2) is 5.75 Å². The third kappa shape index (κ3) is 5.11. The number of likely N-dealkylation sites (N-methyl/N-ethyl adjacent to an activating group) is 1. The molecule has 3 aromatic rings. The molecule has 230 valence electrons. The van der Waals surface area contributed by atoms with Crippen LogP contribution < -0.4 is 15.2 Å². The lowest BCUT2D eigenvalue weighted by molar-refractivity contribution is -0.126. The van der Waals surface area contributed by atoms with E-state index in [1.807, 2.05) is 11.8 Å². The van der Waals surface area contributed by atoms with Gasteiger partial charge < -0.3 is 19.4 Å². The van der Waals surface area contributed by atoms with Crippen molar-refractivity contribution in [1.82, 2.24) is 19.3 Å². The second-order valence-corrected chi connectivity index (χ2v) is 12.1. The predicted octanol–water partition coefficient (Wildman–Crippen LogP) is 3.88. The molecule has 3 aliphatic heterocycles. The first kappa shape index (κ1) is 30.1. The molecule has 6 rings (SSSR count). The minimum Gasteiger partial charge on any atom is -0.488 e. The molecule has 0 N–H and O–H groups in total. The van der Waals surface area contributed by atoms with Crippen LogP contribution in [0.25, 0.3) is 22.0 Å². The van der Waals surface area contributed by atoms with E-state index in [9.17, 15) is 19.2 Å². The standard InChI is InChI=1S/C32H33ClF2N6O3/c1-4-27(42)39-11-12-40(19(2)16-39)29-23-14-25(33)28(22-6-5-20(34)13-26(22)35)31-30(23)41(32(43)24(29)15-36)21(18-44-31)17-38-9-7-37(3)8-10-38/h4-6,13-14,19,21H,1,7-12,16-18H2,2-3H3/t19-,21?/m0/s1. The van der Waals surface area contributed by atoms with Gasteiger partial charge in [0, 0.05) is 81.0 Å². The Morgan fingerprint density at radius 3 is 2.59 bits per heavy atom. The van der Waals surface area contributed by atoms with E-state index in [2.05, 4.69) is 29.5 Å². The third-order valence-corrected chi connectivity index (χ3v) is 9.23. The number of rotatable bonds is 5. The van der Waals surface area contributed by atoms with E-state index >= 15 is 4.39 Å². The topological polar surface area (TPSA) is 85.0 Å². The number of hydrogen-bond acceptors (Lipinski definition) is 7. The summed E-state index contributed by atoms with van der Waals surface area (Å²) in [5, 5.41) is 11.1. The quantitative estimate of drug-likeness (QED) is 0.400. The van der Waals surface area contributed by atoms with Crippen molar-refractivity contribution in [3.05, 3.63) is 69.5 Å². The van der Waals surface area contributed by atoms with Crippen molar-refractivity contribution < 1.29 is 18.3 Å². The van der Waals surface area contributed by atoms with Gasteiger partial charge in [-0.15, -0.1) is 0 Å². The number of amides is 1. The largest absolute Gasteiger partial charge is 0.488 e. The smallest absolute Gasteiger partial charge is 0.271 e. The third-order valence-electron chi connectivity index (χ3n) is 8.94. The number of aromatic nitrogens is 1. The molecule has 2 saturated heterocycles. The molecule has 1 unspecified atom stereocenters. The van der Waals surface area contributed by atoms with Gasteiger partial charge in [-0.25, -0.2) is 8.78 Å². The molecular weight excluding hydrogens is 590 g/mol. The number of benzene rings is 2. The molecule has 2 aromatic carbocycles. The zero-order chi connectivity index (χ0) is 31.3. The monoisotopic (exact) mass is 622 g/mol. The first-order chi connectivity index (χ1) is 21.1. The van der Waals surface area contributed by atoms with Gasteiger partial charge in [-0.1, -0.05) is 18.2 Å². The van der Waals surface area contributed by atoms with Crippen LogP contribution in [0.2, 0.25) is 5.02 Å². The van der Waals surface area contributed by atoms with Crippen LogP contribution >= 0.6 is 11.6 Å². The Hall–Kier alpha value is -3.98. The molecular formula is C32H33ClF2N6O3. The second kappa shape index (κ2) is 11.8. The summed E-state index contributed by atoms with van der Waals surface area (Å²) < 4.78 is 37.1. The minimum atomic E-state index is -0.815. The van der Waals surface area contributed by atoms with Gasteiger partial charge in [0.1, 0.15) is 29.9 Å². The lowest BCUT2D eigenvalue weighted by Crippen LogP contribution is -2.54. The van der Waals surface area contributed by atoms with Gasteiger partial charge >= 0.3 is 0 Å². The summed E-state index contributed by atoms with van der Waals surface area (Å²) in [6.07, 6.45) is 1.27. The maximum atomic E-state index is 15.2. The van der Waals surface area contributed by atoms with E-state index in [0.29, 0.717) is 42.8 Å². The lowest BCUT2D eigenvalue weighted by Gasteiger charge is -2.42. The van der Waals surface area contributed by atoms with Crippen LogP contribution in [-0.4, -0.2) is 97.2 Å². The van der Waals surface area contributed by atoms with Gasteiger partial charge in [-0.05, 0) is 38.2 Å². The molecule has 0 spiro atoms. The number of carbonyl (C=O) groups excluding carboxylic acids is 1. The Labute approximate surface area is 259 Å². The first-order valence-corrected chi connectivity index (χ1v) is 15.0. The van der Waals surface area contributed by atoms with Gasteiger partial charge in [0.05, 0.1) is 22.3 Å². The number of anilines is 1. The molecule has 0 radical (unpaired) electrons. The summed E-state index contributed by atoms with van der Waals surface area (Å²) in [6.45, 7) is 10.6. The van der Waals surface area contributed by atoms with Crippen molar-refractivity contribution in [1.29, 1.82) is 5.26 Å². The predicted molar refractivity (Wildman–Crippen MR) is 165 cm³/mol. The average Bonchev–Trinajstić information content (AvgIpc) is 3.00. The summed E-state index contributed by atoms with van der Waals surface area (Å²) >= 11 is 6.88. The summed E-state index contributed by atoms with van der Waals surface area (Å²) in [5.41, 5.74) is 0.576. The van der Waals surface area contributed by atoms with Crippen molar-refractivity contribution in [2.24, 2.45) is 0 Å². The van der Waals surface area contributed by atoms with E-state index in [4.69, 9.17) is 16.3 Å². The van der Waals surface area contributed by atoms with Gasteiger partial charge in [0.25, 0.3) is 5.56 Å². The second-order valence-electron chi connectivity index (χ2n) is 11.7. The molecule has 4 heterocycles. The summed E-state index contributed by atoms with van der Waals surface area (Å²) in [7, 11) is 2.07. The normalized spacial score (nSPS) is 20.8. The highest BCUT2D eigenvalue weighted by molar-refractivity contribution is 6.35.